The van der Waals surface area contributed by atoms with Gasteiger partial charge in [0.2, 0.25) is 6.30 Å². The normalized spacial score (nSPS) is 24.1. The second-order valence-corrected chi connectivity index (χ2v) is 2.79. The lowest BCUT2D eigenvalue weighted by molar-refractivity contribution is 0.119. The Kier molecular flexibility index (Phi) is 3.27. The zero-order valence-corrected chi connectivity index (χ0v) is 6.82. The number of hydrogen-bond donors (Lipinski definition) is 0. The van der Waals surface area contributed by atoms with Crippen molar-refractivity contribution in [1.29, 1.82) is 0 Å². The van der Waals surface area contributed by atoms with E-state index in [2.05, 4.69) is 0 Å². The molecule has 11 heavy (non-hydrogen) atoms. The first-order valence-electron chi connectivity index (χ1n) is 3.59. The van der Waals surface area contributed by atoms with Gasteiger partial charge < -0.3 is 0 Å². The lowest BCUT2D eigenvalue weighted by atomic mass is 10.4. The number of nitrogens with zero attached hydrogens (tertiary/aromatic N) is 1. The maximum absolute atomic E-state index is 12.9. The number of halogens is 3. The van der Waals surface area contributed by atoms with Crippen molar-refractivity contribution in [2.45, 2.75) is 19.1 Å². The molecule has 1 aliphatic heterocycles. The summed E-state index contributed by atoms with van der Waals surface area (Å²) < 4.78 is 25.4. The predicted molar refractivity (Wildman–Crippen MR) is 40.7 cm³/mol. The maximum Gasteiger partial charge on any atom is 0.206 e. The molecule has 0 aromatic heterocycles. The Balaban J connectivity index is 2.45. The highest BCUT2D eigenvalue weighted by Crippen LogP contribution is 2.19. The van der Waals surface area contributed by atoms with Crippen LogP contribution in [0.5, 0.6) is 0 Å². The molecule has 0 amide bonds. The molecular formula is C7H10ClF2N. The van der Waals surface area contributed by atoms with E-state index >= 15 is 0 Å². The van der Waals surface area contributed by atoms with Crippen molar-refractivity contribution >= 4 is 11.6 Å². The lowest BCUT2D eigenvalue weighted by Gasteiger charge is -2.17. The van der Waals surface area contributed by atoms with Gasteiger partial charge in [0.25, 0.3) is 0 Å². The minimum atomic E-state index is -1.63. The van der Waals surface area contributed by atoms with Gasteiger partial charge in [-0.3, -0.25) is 4.90 Å². The third-order valence-electron chi connectivity index (χ3n) is 1.79. The van der Waals surface area contributed by atoms with Crippen molar-refractivity contribution in [2.24, 2.45) is 0 Å². The monoisotopic (exact) mass is 181 g/mol. The SMILES string of the molecule is F/C(=C\Cl)C(F)N1CCCC1. The molecule has 0 radical (unpaired) electrons. The molecule has 1 unspecified atom stereocenters. The lowest BCUT2D eigenvalue weighted by Crippen LogP contribution is -2.29. The van der Waals surface area contributed by atoms with E-state index in [4.69, 9.17) is 11.6 Å². The highest BCUT2D eigenvalue weighted by atomic mass is 35.5. The second-order valence-electron chi connectivity index (χ2n) is 2.57. The van der Waals surface area contributed by atoms with Crippen molar-refractivity contribution in [3.63, 3.8) is 0 Å². The Bertz CT molecular complexity index is 155. The number of rotatable bonds is 2. The van der Waals surface area contributed by atoms with Crippen LogP contribution in [-0.4, -0.2) is 24.3 Å². The van der Waals surface area contributed by atoms with Crippen molar-refractivity contribution in [1.82, 2.24) is 4.90 Å². The molecule has 64 valence electrons. The Morgan fingerprint density at radius 1 is 1.45 bits per heavy atom. The van der Waals surface area contributed by atoms with E-state index in [1.165, 1.54) is 4.90 Å². The molecule has 0 bridgehead atoms. The summed E-state index contributed by atoms with van der Waals surface area (Å²) in [5, 5.41) is 0. The first-order chi connectivity index (χ1) is 5.25. The molecule has 1 heterocycles. The topological polar surface area (TPSA) is 3.24 Å². The van der Waals surface area contributed by atoms with Gasteiger partial charge >= 0.3 is 0 Å². The average Bonchev–Trinajstić information content (AvgIpc) is 2.53. The Labute approximate surface area is 69.6 Å². The molecule has 1 atom stereocenters. The van der Waals surface area contributed by atoms with Crippen LogP contribution >= 0.6 is 11.6 Å². The van der Waals surface area contributed by atoms with Gasteiger partial charge in [0, 0.05) is 18.6 Å². The van der Waals surface area contributed by atoms with Crippen LogP contribution in [0, 0.1) is 0 Å². The van der Waals surface area contributed by atoms with Crippen molar-refractivity contribution in [3.05, 3.63) is 11.4 Å². The summed E-state index contributed by atoms with van der Waals surface area (Å²) in [5.41, 5.74) is 0.656. The molecule has 1 aliphatic rings. The summed E-state index contributed by atoms with van der Waals surface area (Å²) >= 11 is 5.02. The summed E-state index contributed by atoms with van der Waals surface area (Å²) in [6.07, 6.45) is 0.251. The van der Waals surface area contributed by atoms with Crippen LogP contribution in [0.15, 0.2) is 11.4 Å². The molecule has 1 rings (SSSR count). The average molecular weight is 182 g/mol. The van der Waals surface area contributed by atoms with Crippen LogP contribution in [0.25, 0.3) is 0 Å². The summed E-state index contributed by atoms with van der Waals surface area (Å²) in [7, 11) is 0. The Hall–Kier alpha value is -0.150. The summed E-state index contributed by atoms with van der Waals surface area (Å²) in [5.74, 6) is -0.895. The highest BCUT2D eigenvalue weighted by molar-refractivity contribution is 6.25. The van der Waals surface area contributed by atoms with Crippen LogP contribution in [0.3, 0.4) is 0 Å². The Morgan fingerprint density at radius 3 is 2.45 bits per heavy atom. The van der Waals surface area contributed by atoms with E-state index in [-0.39, 0.29) is 0 Å². The van der Waals surface area contributed by atoms with Crippen LogP contribution in [0.4, 0.5) is 8.78 Å². The largest absolute Gasteiger partial charge is 0.268 e. The summed E-state index contributed by atoms with van der Waals surface area (Å²) in [6.45, 7) is 1.25. The maximum atomic E-state index is 12.9. The first-order valence-corrected chi connectivity index (χ1v) is 4.03. The van der Waals surface area contributed by atoms with Crippen LogP contribution in [0.2, 0.25) is 0 Å². The highest BCUT2D eigenvalue weighted by Gasteiger charge is 2.24. The van der Waals surface area contributed by atoms with Crippen molar-refractivity contribution in [2.75, 3.05) is 13.1 Å². The molecule has 0 N–H and O–H groups in total. The molecular weight excluding hydrogens is 172 g/mol. The van der Waals surface area contributed by atoms with Gasteiger partial charge in [0.05, 0.1) is 0 Å². The molecule has 0 aromatic rings. The first kappa shape index (κ1) is 8.94. The predicted octanol–water partition coefficient (Wildman–Crippen LogP) is 2.43. The molecule has 0 spiro atoms. The van der Waals surface area contributed by atoms with Crippen LogP contribution in [0.1, 0.15) is 12.8 Å². The van der Waals surface area contributed by atoms with E-state index in [1.54, 1.807) is 0 Å². The summed E-state index contributed by atoms with van der Waals surface area (Å²) in [6, 6.07) is 0. The van der Waals surface area contributed by atoms with Crippen LogP contribution < -0.4 is 0 Å². The van der Waals surface area contributed by atoms with Gasteiger partial charge in [-0.15, -0.1) is 0 Å². The quantitative estimate of drug-likeness (QED) is 0.592. The molecule has 0 aliphatic carbocycles. The van der Waals surface area contributed by atoms with E-state index < -0.39 is 12.1 Å². The van der Waals surface area contributed by atoms with Gasteiger partial charge in [-0.05, 0) is 12.8 Å². The fourth-order valence-electron chi connectivity index (χ4n) is 1.19. The standard InChI is InChI=1S/C7H10ClF2N/c8-5-6(9)7(10)11-3-1-2-4-11/h5,7H,1-4H2/b6-5-. The van der Waals surface area contributed by atoms with E-state index in [0.717, 1.165) is 12.8 Å². The third-order valence-corrected chi connectivity index (χ3v) is 2.00. The minimum Gasteiger partial charge on any atom is -0.268 e. The molecule has 1 nitrogen and oxygen atoms in total. The molecule has 1 fully saturated rings. The third kappa shape index (κ3) is 2.14. The molecule has 4 heteroatoms. The zero-order valence-electron chi connectivity index (χ0n) is 6.06. The molecule has 1 saturated heterocycles. The number of likely N-dealkylation sites (tertiary alicyclic amines) is 1. The number of hydrogen-bond acceptors (Lipinski definition) is 1. The van der Waals surface area contributed by atoms with Gasteiger partial charge in [-0.1, -0.05) is 11.6 Å². The van der Waals surface area contributed by atoms with Crippen molar-refractivity contribution in [3.8, 4) is 0 Å². The fraction of sp³-hybridized carbons (Fsp3) is 0.714. The van der Waals surface area contributed by atoms with Crippen molar-refractivity contribution < 1.29 is 8.78 Å². The van der Waals surface area contributed by atoms with E-state index in [1.807, 2.05) is 0 Å². The summed E-state index contributed by atoms with van der Waals surface area (Å²) in [4.78, 5) is 1.44. The van der Waals surface area contributed by atoms with Gasteiger partial charge in [0.1, 0.15) is 0 Å². The minimum absolute atomic E-state index is 0.624. The van der Waals surface area contributed by atoms with Gasteiger partial charge in [-0.2, -0.15) is 0 Å². The zero-order chi connectivity index (χ0) is 8.27. The number of alkyl halides is 1. The Morgan fingerprint density at radius 2 is 2.00 bits per heavy atom. The smallest absolute Gasteiger partial charge is 0.206 e. The van der Waals surface area contributed by atoms with E-state index in [0.29, 0.717) is 18.6 Å². The van der Waals surface area contributed by atoms with Gasteiger partial charge in [-0.25, -0.2) is 8.78 Å². The second kappa shape index (κ2) is 4.02. The fourth-order valence-corrected chi connectivity index (χ4v) is 1.30. The van der Waals surface area contributed by atoms with Gasteiger partial charge in [0.15, 0.2) is 5.83 Å². The molecule has 0 saturated carbocycles. The van der Waals surface area contributed by atoms with Crippen LogP contribution in [-0.2, 0) is 0 Å². The molecule has 0 aromatic carbocycles. The van der Waals surface area contributed by atoms with E-state index in [9.17, 15) is 8.78 Å².